The lowest BCUT2D eigenvalue weighted by molar-refractivity contribution is 0.462. The van der Waals surface area contributed by atoms with E-state index in [1.54, 1.807) is 0 Å². The van der Waals surface area contributed by atoms with Gasteiger partial charge in [-0.1, -0.05) is 180 Å². The van der Waals surface area contributed by atoms with Gasteiger partial charge in [-0.25, -0.2) is 0 Å². The third-order valence-corrected chi connectivity index (χ3v) is 16.3. The Bertz CT molecular complexity index is 3610. The summed E-state index contributed by atoms with van der Waals surface area (Å²) in [5.41, 5.74) is 16.7. The fourth-order valence-corrected chi connectivity index (χ4v) is 13.5. The van der Waals surface area contributed by atoms with E-state index in [2.05, 4.69) is 218 Å². The predicted molar refractivity (Wildman–Crippen MR) is 278 cm³/mol. The maximum Gasteiger partial charge on any atom is 0.260 e. The second-order valence-electron chi connectivity index (χ2n) is 17.5. The summed E-state index contributed by atoms with van der Waals surface area (Å²) < 4.78 is 14.2. The summed E-state index contributed by atoms with van der Waals surface area (Å²) in [5.74, 6) is 3.46. The lowest BCUT2D eigenvalue weighted by atomic mass is 9.32. The first-order valence-electron chi connectivity index (χ1n) is 22.5. The van der Waals surface area contributed by atoms with Crippen LogP contribution < -0.4 is 47.2 Å². The van der Waals surface area contributed by atoms with Gasteiger partial charge in [0.1, 0.15) is 23.0 Å². The number of rotatable bonds is 5. The van der Waals surface area contributed by atoms with E-state index < -0.39 is 0 Å². The van der Waals surface area contributed by atoms with Crippen LogP contribution in [0.4, 0.5) is 17.1 Å². The lowest BCUT2D eigenvalue weighted by Gasteiger charge is -2.38. The zero-order valence-corrected chi connectivity index (χ0v) is 37.5. The van der Waals surface area contributed by atoms with Crippen molar-refractivity contribution in [1.82, 2.24) is 0 Å². The molecular formula is C59H37B2NO2S2. The highest BCUT2D eigenvalue weighted by molar-refractivity contribution is 8.01. The standard InChI is InChI=1S/C59H37B2NO2S2/c1-36-58-48(60-46-27-12-14-29-50(46)63-51-33-41(34-52(64-58)56(51)60)62(39-19-4-2-5-20-39)40-21-6-3-7-22-40)35-49-59(36)66-55-32-38(31-54-57(55)61(49)47-28-13-15-30-53(47)65-54)43-24-10-11-25-44(43)45-26-16-18-37-17-8-9-23-42(37)45/h2-35H,1H3. The maximum absolute atomic E-state index is 7.33. The molecule has 66 heavy (non-hydrogen) atoms. The molecular weight excluding hydrogens is 840 g/mol. The number of nitrogens with zero attached hydrogens (tertiary/aromatic N) is 1. The van der Waals surface area contributed by atoms with Crippen molar-refractivity contribution in [3.8, 4) is 45.3 Å². The van der Waals surface area contributed by atoms with Gasteiger partial charge >= 0.3 is 0 Å². The Labute approximate surface area is 393 Å². The summed E-state index contributed by atoms with van der Waals surface area (Å²) in [5, 5.41) is 2.51. The molecule has 0 fully saturated rings. The van der Waals surface area contributed by atoms with Gasteiger partial charge in [0.15, 0.2) is 0 Å². The van der Waals surface area contributed by atoms with Crippen molar-refractivity contribution in [1.29, 1.82) is 0 Å². The zero-order chi connectivity index (χ0) is 43.5. The molecule has 10 aromatic rings. The van der Waals surface area contributed by atoms with E-state index in [0.717, 1.165) is 51.0 Å². The highest BCUT2D eigenvalue weighted by atomic mass is 32.2. The van der Waals surface area contributed by atoms with Crippen molar-refractivity contribution in [2.75, 3.05) is 4.90 Å². The van der Waals surface area contributed by atoms with Gasteiger partial charge in [0, 0.05) is 54.1 Å². The van der Waals surface area contributed by atoms with E-state index in [-0.39, 0.29) is 13.4 Å². The van der Waals surface area contributed by atoms with Crippen molar-refractivity contribution in [2.24, 2.45) is 0 Å². The molecule has 0 unspecified atom stereocenters. The van der Waals surface area contributed by atoms with Crippen LogP contribution in [0.25, 0.3) is 33.0 Å². The van der Waals surface area contributed by atoms with Crippen LogP contribution in [0.3, 0.4) is 0 Å². The van der Waals surface area contributed by atoms with Gasteiger partial charge in [-0.15, -0.1) is 0 Å². The van der Waals surface area contributed by atoms with Gasteiger partial charge < -0.3 is 14.4 Å². The first-order valence-corrected chi connectivity index (χ1v) is 24.2. The summed E-state index contributed by atoms with van der Waals surface area (Å²) in [4.78, 5) is 7.49. The minimum Gasteiger partial charge on any atom is -0.458 e. The van der Waals surface area contributed by atoms with Crippen molar-refractivity contribution >= 4 is 97.6 Å². The fourth-order valence-electron chi connectivity index (χ4n) is 11.0. The molecule has 4 aliphatic rings. The topological polar surface area (TPSA) is 21.7 Å². The Morgan fingerprint density at radius 1 is 0.409 bits per heavy atom. The summed E-state index contributed by atoms with van der Waals surface area (Å²) in [6, 6.07) is 74.8. The molecule has 0 bridgehead atoms. The van der Waals surface area contributed by atoms with Crippen LogP contribution in [0, 0.1) is 6.92 Å². The van der Waals surface area contributed by atoms with Crippen molar-refractivity contribution < 1.29 is 9.47 Å². The Balaban J connectivity index is 0.962. The normalized spacial score (nSPS) is 13.3. The van der Waals surface area contributed by atoms with E-state index in [4.69, 9.17) is 9.47 Å². The predicted octanol–water partition coefficient (Wildman–Crippen LogP) is 12.1. The number of hydrogen-bond acceptors (Lipinski definition) is 5. The minimum atomic E-state index is -0.0735. The molecule has 0 aliphatic carbocycles. The molecule has 0 radical (unpaired) electrons. The minimum absolute atomic E-state index is 0.0682. The largest absolute Gasteiger partial charge is 0.458 e. The molecule has 0 aromatic heterocycles. The summed E-state index contributed by atoms with van der Waals surface area (Å²) in [6.07, 6.45) is 0. The van der Waals surface area contributed by atoms with Crippen molar-refractivity contribution in [3.63, 3.8) is 0 Å². The second kappa shape index (κ2) is 14.9. The number of benzene rings is 10. The Hall–Kier alpha value is -7.31. The fraction of sp³-hybridized carbons (Fsp3) is 0.0169. The second-order valence-corrected chi connectivity index (χ2v) is 19.6. The monoisotopic (exact) mass is 877 g/mol. The van der Waals surface area contributed by atoms with Crippen molar-refractivity contribution in [2.45, 2.75) is 26.5 Å². The molecule has 14 rings (SSSR count). The van der Waals surface area contributed by atoms with Crippen LogP contribution in [0.5, 0.6) is 23.0 Å². The van der Waals surface area contributed by atoms with Crippen LogP contribution in [0.15, 0.2) is 226 Å². The van der Waals surface area contributed by atoms with Gasteiger partial charge in [0.25, 0.3) is 6.71 Å². The highest BCUT2D eigenvalue weighted by Crippen LogP contribution is 2.48. The number of fused-ring (bicyclic) bond motifs is 9. The van der Waals surface area contributed by atoms with Gasteiger partial charge in [0.2, 0.25) is 6.71 Å². The van der Waals surface area contributed by atoms with Crippen LogP contribution in [-0.2, 0) is 0 Å². The summed E-state index contributed by atoms with van der Waals surface area (Å²) in [7, 11) is 0. The van der Waals surface area contributed by atoms with Gasteiger partial charge in [-0.05, 0) is 105 Å². The summed E-state index contributed by atoms with van der Waals surface area (Å²) >= 11 is 3.82. The van der Waals surface area contributed by atoms with E-state index in [0.29, 0.717) is 0 Å². The quantitative estimate of drug-likeness (QED) is 0.160. The average molecular weight is 878 g/mol. The maximum atomic E-state index is 7.33. The highest BCUT2D eigenvalue weighted by Gasteiger charge is 2.45. The number of hydrogen-bond donors (Lipinski definition) is 0. The molecule has 4 aliphatic heterocycles. The Morgan fingerprint density at radius 2 is 1.02 bits per heavy atom. The number of ether oxygens (including phenoxy) is 2. The Morgan fingerprint density at radius 3 is 1.82 bits per heavy atom. The van der Waals surface area contributed by atoms with Gasteiger partial charge in [0.05, 0.1) is 5.69 Å². The van der Waals surface area contributed by atoms with Crippen molar-refractivity contribution in [3.05, 3.63) is 212 Å². The molecule has 10 aromatic carbocycles. The molecule has 4 heterocycles. The molecule has 0 atom stereocenters. The SMILES string of the molecule is Cc1c2c(cc3c1Sc1cc(-c4ccccc4-c4cccc5ccccc45)cc4c1B3c1ccccc1S4)B1c3ccccc3Oc3cc(N(c4ccccc4)c4ccccc4)cc(c31)O2. The molecule has 0 amide bonds. The zero-order valence-electron chi connectivity index (χ0n) is 35.9. The smallest absolute Gasteiger partial charge is 0.260 e. The third-order valence-electron chi connectivity index (χ3n) is 13.8. The number of anilines is 3. The van der Waals surface area contributed by atoms with E-state index in [1.807, 2.05) is 23.5 Å². The third kappa shape index (κ3) is 5.76. The molecule has 0 saturated heterocycles. The number of para-hydroxylation sites is 3. The molecule has 0 N–H and O–H groups in total. The van der Waals surface area contributed by atoms with E-state index in [9.17, 15) is 0 Å². The van der Waals surface area contributed by atoms with Gasteiger partial charge in [-0.2, -0.15) is 0 Å². The first-order chi connectivity index (χ1) is 32.6. The van der Waals surface area contributed by atoms with E-state index in [1.165, 1.54) is 80.0 Å². The van der Waals surface area contributed by atoms with Crippen LogP contribution in [-0.4, -0.2) is 13.4 Å². The summed E-state index contributed by atoms with van der Waals surface area (Å²) in [6.45, 7) is 2.27. The van der Waals surface area contributed by atoms with E-state index >= 15 is 0 Å². The van der Waals surface area contributed by atoms with Crippen LogP contribution >= 0.6 is 23.5 Å². The van der Waals surface area contributed by atoms with Crippen LogP contribution in [0.2, 0.25) is 0 Å². The lowest BCUT2D eigenvalue weighted by Crippen LogP contribution is -2.62. The van der Waals surface area contributed by atoms with Gasteiger partial charge in [-0.3, -0.25) is 0 Å². The molecule has 0 spiro atoms. The molecule has 3 nitrogen and oxygen atoms in total. The Kier molecular flexibility index (Phi) is 8.56. The molecule has 0 saturated carbocycles. The molecule has 308 valence electrons. The average Bonchev–Trinajstić information content (AvgIpc) is 3.37. The first kappa shape index (κ1) is 38.0. The molecule has 7 heteroatoms. The van der Waals surface area contributed by atoms with Crippen LogP contribution in [0.1, 0.15) is 5.56 Å².